The van der Waals surface area contributed by atoms with E-state index in [1.165, 1.54) is 14.2 Å². The molecule has 0 aliphatic rings. The average molecular weight is 405 g/mol. The Morgan fingerprint density at radius 2 is 1.73 bits per heavy atom. The minimum atomic E-state index is -0.374. The molecule has 0 saturated heterocycles. The summed E-state index contributed by atoms with van der Waals surface area (Å²) < 4.78 is 12.0. The van der Waals surface area contributed by atoms with Crippen LogP contribution < -0.4 is 10.2 Å². The van der Waals surface area contributed by atoms with Crippen LogP contribution in [0.5, 0.6) is 5.75 Å². The van der Waals surface area contributed by atoms with Crippen molar-refractivity contribution in [3.8, 4) is 11.4 Å². The van der Waals surface area contributed by atoms with E-state index < -0.39 is 0 Å². The van der Waals surface area contributed by atoms with Gasteiger partial charge in [-0.15, -0.1) is 0 Å². The lowest BCUT2D eigenvalue weighted by Gasteiger charge is -2.10. The highest BCUT2D eigenvalue weighted by Crippen LogP contribution is 2.21. The van der Waals surface area contributed by atoms with E-state index in [9.17, 15) is 9.59 Å². The molecule has 0 aliphatic carbocycles. The molecule has 1 amide bonds. The number of rotatable bonds is 6. The van der Waals surface area contributed by atoms with Gasteiger partial charge in [0, 0.05) is 22.6 Å². The Morgan fingerprint density at radius 1 is 1.03 bits per heavy atom. The van der Waals surface area contributed by atoms with Crippen molar-refractivity contribution in [3.05, 3.63) is 82.7 Å². The summed E-state index contributed by atoms with van der Waals surface area (Å²) in [5.74, 6) is -0.240. The first-order valence-corrected chi connectivity index (χ1v) is 9.30. The maximum absolute atomic E-state index is 12.4. The molecule has 1 aromatic heterocycles. The molecule has 0 saturated carbocycles. The number of benzene rings is 2. The SMILES string of the molecule is COC(=O)c1ccc(-n2c(C)cc(/C=N\NC(=O)c3ccccc3OC)c2C)cc1. The lowest BCUT2D eigenvalue weighted by molar-refractivity contribution is 0.0600. The molecule has 0 unspecified atom stereocenters. The predicted octanol–water partition coefficient (Wildman–Crippen LogP) is 3.65. The van der Waals surface area contributed by atoms with Gasteiger partial charge in [0.2, 0.25) is 0 Å². The minimum absolute atomic E-state index is 0.351. The van der Waals surface area contributed by atoms with Crippen LogP contribution in [-0.4, -0.2) is 36.9 Å². The van der Waals surface area contributed by atoms with Gasteiger partial charge in [-0.1, -0.05) is 12.1 Å². The number of amides is 1. The summed E-state index contributed by atoms with van der Waals surface area (Å²) >= 11 is 0. The number of aromatic nitrogens is 1. The van der Waals surface area contributed by atoms with Gasteiger partial charge in [0.1, 0.15) is 5.75 Å². The van der Waals surface area contributed by atoms with E-state index in [0.717, 1.165) is 22.6 Å². The Hall–Kier alpha value is -3.87. The topological polar surface area (TPSA) is 81.9 Å². The van der Waals surface area contributed by atoms with Crippen molar-refractivity contribution >= 4 is 18.1 Å². The van der Waals surface area contributed by atoms with Gasteiger partial charge in [0.15, 0.2) is 0 Å². The van der Waals surface area contributed by atoms with E-state index in [0.29, 0.717) is 16.9 Å². The second-order valence-corrected chi connectivity index (χ2v) is 6.60. The summed E-state index contributed by atoms with van der Waals surface area (Å²) in [6.45, 7) is 3.94. The zero-order chi connectivity index (χ0) is 21.7. The molecule has 0 fully saturated rings. The minimum Gasteiger partial charge on any atom is -0.496 e. The molecular formula is C23H23N3O4. The van der Waals surface area contributed by atoms with Crippen molar-refractivity contribution in [2.75, 3.05) is 14.2 Å². The average Bonchev–Trinajstić information content (AvgIpc) is 3.06. The molecule has 0 radical (unpaired) electrons. The van der Waals surface area contributed by atoms with Crippen LogP contribution in [0.3, 0.4) is 0 Å². The number of para-hydroxylation sites is 1. The number of aryl methyl sites for hydroxylation is 1. The highest BCUT2D eigenvalue weighted by molar-refractivity contribution is 5.97. The number of hydrogen-bond acceptors (Lipinski definition) is 5. The zero-order valence-corrected chi connectivity index (χ0v) is 17.3. The van der Waals surface area contributed by atoms with Crippen LogP contribution in [0.25, 0.3) is 5.69 Å². The third kappa shape index (κ3) is 4.25. The van der Waals surface area contributed by atoms with Crippen molar-refractivity contribution in [3.63, 3.8) is 0 Å². The van der Waals surface area contributed by atoms with Gasteiger partial charge in [0.05, 0.1) is 31.6 Å². The maximum Gasteiger partial charge on any atom is 0.337 e. The van der Waals surface area contributed by atoms with Crippen molar-refractivity contribution < 1.29 is 19.1 Å². The number of carbonyl (C=O) groups is 2. The van der Waals surface area contributed by atoms with Gasteiger partial charge in [-0.05, 0) is 56.3 Å². The summed E-state index contributed by atoms with van der Waals surface area (Å²) in [4.78, 5) is 24.0. The molecule has 3 aromatic rings. The Kier molecular flexibility index (Phi) is 6.32. The van der Waals surface area contributed by atoms with Crippen LogP contribution in [0, 0.1) is 13.8 Å². The third-order valence-corrected chi connectivity index (χ3v) is 4.74. The first-order chi connectivity index (χ1) is 14.5. The Balaban J connectivity index is 1.78. The van der Waals surface area contributed by atoms with E-state index in [-0.39, 0.29) is 11.9 Å². The Labute approximate surface area is 174 Å². The number of nitrogens with zero attached hydrogens (tertiary/aromatic N) is 2. The molecule has 7 nitrogen and oxygen atoms in total. The van der Waals surface area contributed by atoms with Crippen LogP contribution in [0.2, 0.25) is 0 Å². The fourth-order valence-corrected chi connectivity index (χ4v) is 3.23. The second kappa shape index (κ2) is 9.09. The zero-order valence-electron chi connectivity index (χ0n) is 17.3. The van der Waals surface area contributed by atoms with E-state index in [4.69, 9.17) is 9.47 Å². The lowest BCUT2D eigenvalue weighted by atomic mass is 10.2. The van der Waals surface area contributed by atoms with Crippen LogP contribution in [0.4, 0.5) is 0 Å². The van der Waals surface area contributed by atoms with Gasteiger partial charge >= 0.3 is 5.97 Å². The Bertz CT molecular complexity index is 1100. The molecule has 30 heavy (non-hydrogen) atoms. The van der Waals surface area contributed by atoms with E-state index in [2.05, 4.69) is 10.5 Å². The Morgan fingerprint density at radius 3 is 2.40 bits per heavy atom. The molecule has 0 atom stereocenters. The van der Waals surface area contributed by atoms with Gasteiger partial charge in [-0.3, -0.25) is 4.79 Å². The fourth-order valence-electron chi connectivity index (χ4n) is 3.23. The number of hydrazone groups is 1. The molecule has 2 aromatic carbocycles. The first kappa shape index (κ1) is 20.9. The van der Waals surface area contributed by atoms with Crippen LogP contribution in [0.15, 0.2) is 59.7 Å². The number of carbonyl (C=O) groups excluding carboxylic acids is 2. The lowest BCUT2D eigenvalue weighted by Crippen LogP contribution is -2.18. The highest BCUT2D eigenvalue weighted by atomic mass is 16.5. The van der Waals surface area contributed by atoms with E-state index >= 15 is 0 Å². The van der Waals surface area contributed by atoms with Gasteiger partial charge in [0.25, 0.3) is 5.91 Å². The van der Waals surface area contributed by atoms with Crippen LogP contribution >= 0.6 is 0 Å². The largest absolute Gasteiger partial charge is 0.496 e. The predicted molar refractivity (Wildman–Crippen MR) is 115 cm³/mol. The number of ether oxygens (including phenoxy) is 2. The smallest absolute Gasteiger partial charge is 0.337 e. The number of hydrogen-bond donors (Lipinski definition) is 1. The highest BCUT2D eigenvalue weighted by Gasteiger charge is 2.12. The van der Waals surface area contributed by atoms with Crippen LogP contribution in [-0.2, 0) is 4.74 Å². The summed E-state index contributed by atoms with van der Waals surface area (Å²) in [6, 6.07) is 16.1. The third-order valence-electron chi connectivity index (χ3n) is 4.74. The molecule has 7 heteroatoms. The molecule has 154 valence electrons. The van der Waals surface area contributed by atoms with Crippen molar-refractivity contribution in [1.82, 2.24) is 9.99 Å². The van der Waals surface area contributed by atoms with Gasteiger partial charge in [-0.25, -0.2) is 10.2 Å². The summed E-state index contributed by atoms with van der Waals surface area (Å²) in [6.07, 6.45) is 1.61. The summed E-state index contributed by atoms with van der Waals surface area (Å²) in [5.41, 5.74) is 7.16. The first-order valence-electron chi connectivity index (χ1n) is 9.30. The van der Waals surface area contributed by atoms with Gasteiger partial charge < -0.3 is 14.0 Å². The van der Waals surface area contributed by atoms with Crippen molar-refractivity contribution in [2.45, 2.75) is 13.8 Å². The molecular weight excluding hydrogens is 382 g/mol. The number of nitrogens with one attached hydrogen (secondary N) is 1. The quantitative estimate of drug-likeness (QED) is 0.386. The normalized spacial score (nSPS) is 10.8. The molecule has 1 heterocycles. The molecule has 0 bridgehead atoms. The maximum atomic E-state index is 12.4. The monoisotopic (exact) mass is 405 g/mol. The molecule has 3 rings (SSSR count). The molecule has 0 spiro atoms. The number of esters is 1. The standard InChI is InChI=1S/C23H23N3O4/c1-15-13-18(14-24-25-22(27)20-7-5-6-8-21(20)29-3)16(2)26(15)19-11-9-17(10-12-19)23(28)30-4/h5-14H,1-4H3,(H,25,27)/b24-14-. The summed E-state index contributed by atoms with van der Waals surface area (Å²) in [5, 5.41) is 4.10. The number of methoxy groups -OCH3 is 2. The molecule has 0 aliphatic heterocycles. The van der Waals surface area contributed by atoms with E-state index in [1.807, 2.05) is 36.6 Å². The fraction of sp³-hybridized carbons (Fsp3) is 0.174. The van der Waals surface area contributed by atoms with Crippen LogP contribution in [0.1, 0.15) is 37.7 Å². The van der Waals surface area contributed by atoms with Crippen molar-refractivity contribution in [2.24, 2.45) is 5.10 Å². The summed E-state index contributed by atoms with van der Waals surface area (Å²) in [7, 11) is 2.87. The van der Waals surface area contributed by atoms with E-state index in [1.54, 1.807) is 42.6 Å². The molecule has 1 N–H and O–H groups in total. The van der Waals surface area contributed by atoms with Crippen molar-refractivity contribution in [1.29, 1.82) is 0 Å². The second-order valence-electron chi connectivity index (χ2n) is 6.60. The van der Waals surface area contributed by atoms with Gasteiger partial charge in [-0.2, -0.15) is 5.10 Å².